The van der Waals surface area contributed by atoms with Gasteiger partial charge in [-0.1, -0.05) is 25.0 Å². The standard InChI is InChI=1S/C14H20O2.C2H4O2/c1-16-13-8-6-11(7-9-13)10-12-4-2-3-5-14(12)15;1-2(3)4/h6-9,12,14-15H,2-5,10H2,1H3;1H3,(H,3,4)/t12-,14+;/m0./s1. The van der Waals surface area contributed by atoms with Crippen LogP contribution in [0.5, 0.6) is 5.75 Å². The second-order valence-corrected chi connectivity index (χ2v) is 5.18. The van der Waals surface area contributed by atoms with E-state index in [1.165, 1.54) is 18.4 Å². The summed E-state index contributed by atoms with van der Waals surface area (Å²) in [7, 11) is 1.68. The highest BCUT2D eigenvalue weighted by Gasteiger charge is 2.22. The van der Waals surface area contributed by atoms with E-state index in [2.05, 4.69) is 12.1 Å². The molecule has 0 aromatic heterocycles. The van der Waals surface area contributed by atoms with Gasteiger partial charge in [0, 0.05) is 6.92 Å². The van der Waals surface area contributed by atoms with Crippen LogP contribution in [0, 0.1) is 5.92 Å². The molecule has 1 aromatic rings. The van der Waals surface area contributed by atoms with Crippen molar-refractivity contribution in [3.8, 4) is 5.75 Å². The van der Waals surface area contributed by atoms with Crippen molar-refractivity contribution in [3.05, 3.63) is 29.8 Å². The molecule has 0 bridgehead atoms. The average Bonchev–Trinajstić information content (AvgIpc) is 2.42. The van der Waals surface area contributed by atoms with Crippen LogP contribution in [0.4, 0.5) is 0 Å². The Balaban J connectivity index is 0.000000444. The van der Waals surface area contributed by atoms with E-state index >= 15 is 0 Å². The number of aliphatic hydroxyl groups excluding tert-OH is 1. The predicted molar refractivity (Wildman–Crippen MR) is 78.0 cm³/mol. The van der Waals surface area contributed by atoms with Gasteiger partial charge in [-0.15, -0.1) is 0 Å². The van der Waals surface area contributed by atoms with Crippen molar-refractivity contribution < 1.29 is 19.7 Å². The Labute approximate surface area is 120 Å². The summed E-state index contributed by atoms with van der Waals surface area (Å²) >= 11 is 0. The summed E-state index contributed by atoms with van der Waals surface area (Å²) in [6, 6.07) is 8.18. The second kappa shape index (κ2) is 8.59. The van der Waals surface area contributed by atoms with Crippen LogP contribution in [-0.2, 0) is 11.2 Å². The Bertz CT molecular complexity index is 395. The van der Waals surface area contributed by atoms with Gasteiger partial charge in [0.1, 0.15) is 5.75 Å². The summed E-state index contributed by atoms with van der Waals surface area (Å²) < 4.78 is 5.13. The summed E-state index contributed by atoms with van der Waals surface area (Å²) in [5, 5.41) is 17.3. The van der Waals surface area contributed by atoms with Crippen molar-refractivity contribution in [2.75, 3.05) is 7.11 Å². The van der Waals surface area contributed by atoms with Crippen LogP contribution in [-0.4, -0.2) is 29.4 Å². The van der Waals surface area contributed by atoms with E-state index in [9.17, 15) is 5.11 Å². The topological polar surface area (TPSA) is 66.8 Å². The number of carbonyl (C=O) groups is 1. The molecule has 20 heavy (non-hydrogen) atoms. The summed E-state index contributed by atoms with van der Waals surface area (Å²) in [5.74, 6) is 0.509. The Morgan fingerprint density at radius 3 is 2.30 bits per heavy atom. The molecule has 1 aromatic carbocycles. The number of carboxylic acids is 1. The van der Waals surface area contributed by atoms with Gasteiger partial charge in [0.15, 0.2) is 0 Å². The number of hydrogen-bond donors (Lipinski definition) is 2. The molecule has 4 nitrogen and oxygen atoms in total. The van der Waals surface area contributed by atoms with Gasteiger partial charge in [-0.2, -0.15) is 0 Å². The van der Waals surface area contributed by atoms with Crippen LogP contribution in [0.25, 0.3) is 0 Å². The van der Waals surface area contributed by atoms with E-state index in [4.69, 9.17) is 14.6 Å². The van der Waals surface area contributed by atoms with Crippen molar-refractivity contribution in [2.24, 2.45) is 5.92 Å². The Morgan fingerprint density at radius 1 is 1.25 bits per heavy atom. The minimum Gasteiger partial charge on any atom is -0.497 e. The fourth-order valence-electron chi connectivity index (χ4n) is 2.49. The maximum Gasteiger partial charge on any atom is 0.300 e. The fraction of sp³-hybridized carbons (Fsp3) is 0.562. The lowest BCUT2D eigenvalue weighted by Crippen LogP contribution is -2.26. The molecule has 0 amide bonds. The number of aliphatic carboxylic acids is 1. The summed E-state index contributed by atoms with van der Waals surface area (Å²) in [4.78, 5) is 9.00. The molecule has 4 heteroatoms. The molecule has 1 fully saturated rings. The lowest BCUT2D eigenvalue weighted by atomic mass is 9.82. The average molecular weight is 280 g/mol. The van der Waals surface area contributed by atoms with Crippen molar-refractivity contribution in [1.82, 2.24) is 0 Å². The number of methoxy groups -OCH3 is 1. The quantitative estimate of drug-likeness (QED) is 0.893. The lowest BCUT2D eigenvalue weighted by molar-refractivity contribution is -0.134. The maximum absolute atomic E-state index is 9.91. The van der Waals surface area contributed by atoms with Gasteiger partial charge in [0.2, 0.25) is 0 Å². The number of ether oxygens (including phenoxy) is 1. The largest absolute Gasteiger partial charge is 0.497 e. The molecule has 2 N–H and O–H groups in total. The highest BCUT2D eigenvalue weighted by atomic mass is 16.5. The van der Waals surface area contributed by atoms with Crippen LogP contribution in [0.1, 0.15) is 38.2 Å². The molecule has 0 radical (unpaired) electrons. The maximum atomic E-state index is 9.91. The second-order valence-electron chi connectivity index (χ2n) is 5.18. The zero-order chi connectivity index (χ0) is 15.0. The summed E-state index contributed by atoms with van der Waals surface area (Å²) in [6.07, 6.45) is 5.47. The molecule has 2 atom stereocenters. The molecule has 0 unspecified atom stereocenters. The van der Waals surface area contributed by atoms with Gasteiger partial charge in [0.05, 0.1) is 13.2 Å². The zero-order valence-corrected chi connectivity index (χ0v) is 12.2. The summed E-state index contributed by atoms with van der Waals surface area (Å²) in [6.45, 7) is 1.08. The Hall–Kier alpha value is -1.55. The highest BCUT2D eigenvalue weighted by molar-refractivity contribution is 5.62. The minimum atomic E-state index is -0.833. The van der Waals surface area contributed by atoms with E-state index in [0.29, 0.717) is 5.92 Å². The first kappa shape index (κ1) is 16.5. The SMILES string of the molecule is CC(=O)O.COc1ccc(C[C@@H]2CCCC[C@H]2O)cc1. The third-order valence-corrected chi connectivity index (χ3v) is 3.53. The van der Waals surface area contributed by atoms with Crippen LogP contribution >= 0.6 is 0 Å². The first-order valence-corrected chi connectivity index (χ1v) is 7.03. The smallest absolute Gasteiger partial charge is 0.300 e. The predicted octanol–water partition coefficient (Wildman–Crippen LogP) is 2.88. The molecule has 0 spiro atoms. The monoisotopic (exact) mass is 280 g/mol. The first-order valence-electron chi connectivity index (χ1n) is 7.03. The minimum absolute atomic E-state index is 0.101. The van der Waals surface area contributed by atoms with Gasteiger partial charge in [-0.05, 0) is 42.9 Å². The van der Waals surface area contributed by atoms with E-state index in [1.54, 1.807) is 7.11 Å². The highest BCUT2D eigenvalue weighted by Crippen LogP contribution is 2.27. The van der Waals surface area contributed by atoms with Gasteiger partial charge in [-0.25, -0.2) is 0 Å². The van der Waals surface area contributed by atoms with Gasteiger partial charge in [-0.3, -0.25) is 4.79 Å². The zero-order valence-electron chi connectivity index (χ0n) is 12.2. The molecule has 112 valence electrons. The molecular weight excluding hydrogens is 256 g/mol. The number of hydrogen-bond acceptors (Lipinski definition) is 3. The molecule has 1 aliphatic carbocycles. The summed E-state index contributed by atoms with van der Waals surface area (Å²) in [5.41, 5.74) is 1.30. The van der Waals surface area contributed by atoms with Crippen molar-refractivity contribution in [1.29, 1.82) is 0 Å². The Morgan fingerprint density at radius 2 is 1.80 bits per heavy atom. The number of benzene rings is 1. The van der Waals surface area contributed by atoms with E-state index < -0.39 is 5.97 Å². The van der Waals surface area contributed by atoms with Crippen LogP contribution in [0.15, 0.2) is 24.3 Å². The molecule has 1 saturated carbocycles. The van der Waals surface area contributed by atoms with Crippen molar-refractivity contribution in [3.63, 3.8) is 0 Å². The molecular formula is C16H24O4. The number of rotatable bonds is 3. The third-order valence-electron chi connectivity index (χ3n) is 3.53. The fourth-order valence-corrected chi connectivity index (χ4v) is 2.49. The van der Waals surface area contributed by atoms with Crippen LogP contribution in [0.2, 0.25) is 0 Å². The van der Waals surface area contributed by atoms with Gasteiger partial charge >= 0.3 is 0 Å². The molecule has 0 aliphatic heterocycles. The van der Waals surface area contributed by atoms with Crippen LogP contribution < -0.4 is 4.74 Å². The first-order chi connectivity index (χ1) is 9.52. The Kier molecular flexibility index (Phi) is 7.09. The normalized spacial score (nSPS) is 21.6. The van der Waals surface area contributed by atoms with E-state index in [-0.39, 0.29) is 6.10 Å². The van der Waals surface area contributed by atoms with Gasteiger partial charge < -0.3 is 14.9 Å². The van der Waals surface area contributed by atoms with E-state index in [0.717, 1.165) is 31.9 Å². The molecule has 0 saturated heterocycles. The molecule has 0 heterocycles. The third kappa shape index (κ3) is 6.06. The van der Waals surface area contributed by atoms with Crippen molar-refractivity contribution in [2.45, 2.75) is 45.1 Å². The number of carboxylic acid groups (broad SMARTS) is 1. The lowest BCUT2D eigenvalue weighted by Gasteiger charge is -2.27. The molecule has 1 aliphatic rings. The van der Waals surface area contributed by atoms with Gasteiger partial charge in [0.25, 0.3) is 5.97 Å². The number of aliphatic hydroxyl groups is 1. The van der Waals surface area contributed by atoms with Crippen molar-refractivity contribution >= 4 is 5.97 Å². The van der Waals surface area contributed by atoms with E-state index in [1.807, 2.05) is 12.1 Å². The molecule has 2 rings (SSSR count). The van der Waals surface area contributed by atoms with Crippen LogP contribution in [0.3, 0.4) is 0 Å².